The third kappa shape index (κ3) is 2.49. The zero-order valence-electron chi connectivity index (χ0n) is 11.4. The molecular formula is C15H19N3O. The number of benzene rings is 1. The van der Waals surface area contributed by atoms with Crippen LogP contribution in [-0.4, -0.2) is 16.2 Å². The van der Waals surface area contributed by atoms with E-state index in [1.54, 1.807) is 0 Å². The van der Waals surface area contributed by atoms with E-state index in [2.05, 4.69) is 35.4 Å². The number of hydrogen-bond donors (Lipinski definition) is 1. The van der Waals surface area contributed by atoms with Crippen LogP contribution >= 0.6 is 0 Å². The second kappa shape index (κ2) is 5.05. The van der Waals surface area contributed by atoms with Gasteiger partial charge in [0.15, 0.2) is 0 Å². The average molecular weight is 257 g/mol. The van der Waals surface area contributed by atoms with Crippen molar-refractivity contribution < 1.29 is 4.74 Å². The number of hydrogen-bond acceptors (Lipinski definition) is 3. The Morgan fingerprint density at radius 2 is 2.37 bits per heavy atom. The number of fused-ring (bicyclic) bond motifs is 1. The Hall–Kier alpha value is -1.81. The maximum absolute atomic E-state index is 5.53. The van der Waals surface area contributed by atoms with E-state index in [0.717, 1.165) is 31.1 Å². The first-order valence-corrected chi connectivity index (χ1v) is 6.69. The Kier molecular flexibility index (Phi) is 3.25. The number of nitrogens with zero attached hydrogens (tertiary/aromatic N) is 2. The average Bonchev–Trinajstić information content (AvgIpc) is 3.03. The van der Waals surface area contributed by atoms with Crippen LogP contribution in [0.2, 0.25) is 0 Å². The summed E-state index contributed by atoms with van der Waals surface area (Å²) in [5.41, 5.74) is 2.63. The number of aryl methyl sites for hydroxylation is 1. The van der Waals surface area contributed by atoms with Crippen molar-refractivity contribution in [3.8, 4) is 5.75 Å². The quantitative estimate of drug-likeness (QED) is 0.912. The monoisotopic (exact) mass is 257 g/mol. The third-order valence-corrected chi connectivity index (χ3v) is 3.70. The molecule has 0 aliphatic carbocycles. The van der Waals surface area contributed by atoms with Crippen molar-refractivity contribution in [1.82, 2.24) is 14.9 Å². The van der Waals surface area contributed by atoms with E-state index in [-0.39, 0.29) is 0 Å². The summed E-state index contributed by atoms with van der Waals surface area (Å²) in [6.45, 7) is 3.77. The second-order valence-electron chi connectivity index (χ2n) is 5.02. The predicted molar refractivity (Wildman–Crippen MR) is 74.1 cm³/mol. The maximum atomic E-state index is 5.53. The summed E-state index contributed by atoms with van der Waals surface area (Å²) in [6.07, 6.45) is 4.82. The molecule has 4 heteroatoms. The highest BCUT2D eigenvalue weighted by Crippen LogP contribution is 2.28. The molecule has 1 aromatic heterocycles. The van der Waals surface area contributed by atoms with E-state index < -0.39 is 0 Å². The molecule has 1 atom stereocenters. The zero-order chi connectivity index (χ0) is 13.2. The van der Waals surface area contributed by atoms with Crippen LogP contribution < -0.4 is 10.1 Å². The van der Waals surface area contributed by atoms with Gasteiger partial charge in [-0.25, -0.2) is 4.98 Å². The molecule has 0 amide bonds. The lowest BCUT2D eigenvalue weighted by Crippen LogP contribution is -2.20. The molecule has 1 N–H and O–H groups in total. The molecule has 19 heavy (non-hydrogen) atoms. The lowest BCUT2D eigenvalue weighted by molar-refractivity contribution is 0.356. The first-order chi connectivity index (χ1) is 9.24. The summed E-state index contributed by atoms with van der Waals surface area (Å²) in [5.74, 6) is 2.09. The van der Waals surface area contributed by atoms with Crippen LogP contribution in [0.3, 0.4) is 0 Å². The van der Waals surface area contributed by atoms with Gasteiger partial charge in [0.2, 0.25) is 0 Å². The number of nitrogens with one attached hydrogen (secondary N) is 1. The van der Waals surface area contributed by atoms with Gasteiger partial charge in [0.25, 0.3) is 0 Å². The van der Waals surface area contributed by atoms with Crippen LogP contribution in [0.5, 0.6) is 5.75 Å². The summed E-state index contributed by atoms with van der Waals surface area (Å²) < 4.78 is 7.57. The number of ether oxygens (including phenoxy) is 1. The standard InChI is InChI=1S/C15H19N3O/c1-11(17-10-15-16-6-7-18(15)2)12-3-4-14-13(9-12)5-8-19-14/h3-4,6-7,9,11,17H,5,8,10H2,1-2H3. The maximum Gasteiger partial charge on any atom is 0.122 e. The number of rotatable bonds is 4. The fourth-order valence-electron chi connectivity index (χ4n) is 2.40. The van der Waals surface area contributed by atoms with Crippen LogP contribution in [0.15, 0.2) is 30.6 Å². The predicted octanol–water partition coefficient (Wildman–Crippen LogP) is 2.21. The van der Waals surface area contributed by atoms with Gasteiger partial charge in [-0.3, -0.25) is 0 Å². The topological polar surface area (TPSA) is 39.1 Å². The van der Waals surface area contributed by atoms with Crippen LogP contribution in [0.1, 0.15) is 29.9 Å². The van der Waals surface area contributed by atoms with Gasteiger partial charge >= 0.3 is 0 Å². The molecule has 0 saturated carbocycles. The SMILES string of the molecule is CC(NCc1nccn1C)c1ccc2c(c1)CCO2. The molecule has 1 aromatic carbocycles. The Morgan fingerprint density at radius 3 is 3.16 bits per heavy atom. The van der Waals surface area contributed by atoms with Crippen molar-refractivity contribution in [2.75, 3.05) is 6.61 Å². The largest absolute Gasteiger partial charge is 0.493 e. The summed E-state index contributed by atoms with van der Waals surface area (Å²) in [5, 5.41) is 3.51. The molecular weight excluding hydrogens is 238 g/mol. The van der Waals surface area contributed by atoms with Crippen molar-refractivity contribution in [3.05, 3.63) is 47.5 Å². The summed E-state index contributed by atoms with van der Waals surface area (Å²) in [7, 11) is 2.02. The first-order valence-electron chi connectivity index (χ1n) is 6.69. The molecule has 3 rings (SSSR count). The van der Waals surface area contributed by atoms with Gasteiger partial charge in [-0.2, -0.15) is 0 Å². The fourth-order valence-corrected chi connectivity index (χ4v) is 2.40. The minimum atomic E-state index is 0.308. The number of aromatic nitrogens is 2. The van der Waals surface area contributed by atoms with E-state index in [1.165, 1.54) is 11.1 Å². The Morgan fingerprint density at radius 1 is 1.47 bits per heavy atom. The van der Waals surface area contributed by atoms with Gasteiger partial charge in [0.1, 0.15) is 11.6 Å². The molecule has 0 bridgehead atoms. The lowest BCUT2D eigenvalue weighted by atomic mass is 10.0. The van der Waals surface area contributed by atoms with Crippen molar-refractivity contribution >= 4 is 0 Å². The molecule has 1 aliphatic rings. The molecule has 2 heterocycles. The van der Waals surface area contributed by atoms with Crippen molar-refractivity contribution in [2.24, 2.45) is 7.05 Å². The van der Waals surface area contributed by atoms with Gasteiger partial charge in [-0.15, -0.1) is 0 Å². The van der Waals surface area contributed by atoms with Gasteiger partial charge in [0, 0.05) is 31.9 Å². The van der Waals surface area contributed by atoms with E-state index in [9.17, 15) is 0 Å². The van der Waals surface area contributed by atoms with E-state index in [4.69, 9.17) is 4.74 Å². The fraction of sp³-hybridized carbons (Fsp3) is 0.400. The van der Waals surface area contributed by atoms with Crippen molar-refractivity contribution in [1.29, 1.82) is 0 Å². The third-order valence-electron chi connectivity index (χ3n) is 3.70. The van der Waals surface area contributed by atoms with E-state index >= 15 is 0 Å². The Balaban J connectivity index is 1.67. The van der Waals surface area contributed by atoms with Gasteiger partial charge in [-0.05, 0) is 24.1 Å². The minimum Gasteiger partial charge on any atom is -0.493 e. The van der Waals surface area contributed by atoms with Crippen molar-refractivity contribution in [3.63, 3.8) is 0 Å². The molecule has 0 spiro atoms. The van der Waals surface area contributed by atoms with E-state index in [1.807, 2.05) is 24.0 Å². The molecule has 4 nitrogen and oxygen atoms in total. The Bertz CT molecular complexity index is 577. The zero-order valence-corrected chi connectivity index (χ0v) is 11.4. The highest BCUT2D eigenvalue weighted by Gasteiger charge is 2.14. The molecule has 0 saturated heterocycles. The lowest BCUT2D eigenvalue weighted by Gasteiger charge is -2.15. The molecule has 2 aromatic rings. The van der Waals surface area contributed by atoms with Crippen LogP contribution in [-0.2, 0) is 20.0 Å². The molecule has 0 fully saturated rings. The normalized spacial score (nSPS) is 15.1. The molecule has 1 aliphatic heterocycles. The van der Waals surface area contributed by atoms with Crippen LogP contribution in [0.25, 0.3) is 0 Å². The highest BCUT2D eigenvalue weighted by molar-refractivity contribution is 5.40. The van der Waals surface area contributed by atoms with Gasteiger partial charge in [0.05, 0.1) is 13.2 Å². The highest BCUT2D eigenvalue weighted by atomic mass is 16.5. The smallest absolute Gasteiger partial charge is 0.122 e. The van der Waals surface area contributed by atoms with Gasteiger partial charge < -0.3 is 14.6 Å². The molecule has 1 unspecified atom stereocenters. The Labute approximate surface area is 113 Å². The molecule has 0 radical (unpaired) electrons. The first kappa shape index (κ1) is 12.2. The molecule has 100 valence electrons. The van der Waals surface area contributed by atoms with Crippen LogP contribution in [0, 0.1) is 0 Å². The second-order valence-corrected chi connectivity index (χ2v) is 5.02. The van der Waals surface area contributed by atoms with Gasteiger partial charge in [-0.1, -0.05) is 12.1 Å². The van der Waals surface area contributed by atoms with E-state index in [0.29, 0.717) is 6.04 Å². The van der Waals surface area contributed by atoms with Crippen LogP contribution in [0.4, 0.5) is 0 Å². The summed E-state index contributed by atoms with van der Waals surface area (Å²) in [6, 6.07) is 6.78. The summed E-state index contributed by atoms with van der Waals surface area (Å²) >= 11 is 0. The minimum absolute atomic E-state index is 0.308. The van der Waals surface area contributed by atoms with Crippen molar-refractivity contribution in [2.45, 2.75) is 25.9 Å². The summed E-state index contributed by atoms with van der Waals surface area (Å²) in [4.78, 5) is 4.32. The number of imidazole rings is 1.